The highest BCUT2D eigenvalue weighted by Crippen LogP contribution is 2.49. The van der Waals surface area contributed by atoms with Crippen molar-refractivity contribution < 1.29 is 23.5 Å². The molecule has 2 aromatic rings. The van der Waals surface area contributed by atoms with Crippen molar-refractivity contribution in [1.82, 2.24) is 5.32 Å². The van der Waals surface area contributed by atoms with Crippen LogP contribution >= 0.6 is 7.60 Å². The van der Waals surface area contributed by atoms with E-state index < -0.39 is 13.1 Å². The molecule has 0 aliphatic heterocycles. The molecule has 1 atom stereocenters. The lowest BCUT2D eigenvalue weighted by atomic mass is 9.73. The third kappa shape index (κ3) is 8.75. The van der Waals surface area contributed by atoms with Crippen LogP contribution in [-0.2, 0) is 41.2 Å². The van der Waals surface area contributed by atoms with E-state index >= 15 is 0 Å². The quantitative estimate of drug-likeness (QED) is 0.228. The highest BCUT2D eigenvalue weighted by Gasteiger charge is 2.41. The fourth-order valence-corrected chi connectivity index (χ4v) is 6.30. The molecule has 2 rings (SSSR count). The summed E-state index contributed by atoms with van der Waals surface area (Å²) < 4.78 is 25.3. The van der Waals surface area contributed by atoms with Gasteiger partial charge in [-0.05, 0) is 77.8 Å². The van der Waals surface area contributed by atoms with Crippen LogP contribution in [-0.4, -0.2) is 30.4 Å². The van der Waals surface area contributed by atoms with Gasteiger partial charge < -0.3 is 14.2 Å². The van der Waals surface area contributed by atoms with Crippen LogP contribution in [0.1, 0.15) is 104 Å². The Morgan fingerprint density at radius 1 is 0.897 bits per heavy atom. The number of aryl methyl sites for hydroxylation is 1. The second kappa shape index (κ2) is 13.6. The highest BCUT2D eigenvalue weighted by molar-refractivity contribution is 7.53. The zero-order valence-corrected chi connectivity index (χ0v) is 26.4. The molecule has 0 saturated carbocycles. The highest BCUT2D eigenvalue weighted by atomic mass is 31.2. The second-order valence-corrected chi connectivity index (χ2v) is 14.5. The molecule has 0 aromatic heterocycles. The van der Waals surface area contributed by atoms with Gasteiger partial charge in [-0.1, -0.05) is 85.7 Å². The number of hydrogen-bond acceptors (Lipinski definition) is 6. The average Bonchev–Trinajstić information content (AvgIpc) is 2.86. The van der Waals surface area contributed by atoms with Gasteiger partial charge in [0.05, 0.1) is 13.2 Å². The molecule has 0 heterocycles. The first-order valence-electron chi connectivity index (χ1n) is 14.2. The number of benzene rings is 2. The van der Waals surface area contributed by atoms with Gasteiger partial charge in [0.25, 0.3) is 0 Å². The second-order valence-electron chi connectivity index (χ2n) is 12.5. The monoisotopic (exact) mass is 559 g/mol. The fraction of sp³-hybridized carbons (Fsp3) is 0.594. The largest absolute Gasteiger partial charge is 0.507 e. The normalized spacial score (nSPS) is 14.3. The summed E-state index contributed by atoms with van der Waals surface area (Å²) in [5, 5.41) is 14.8. The van der Waals surface area contributed by atoms with Crippen molar-refractivity contribution in [3.63, 3.8) is 0 Å². The van der Waals surface area contributed by atoms with E-state index in [0.717, 1.165) is 22.3 Å². The molecular weight excluding hydrogens is 509 g/mol. The van der Waals surface area contributed by atoms with Gasteiger partial charge in [0.2, 0.25) is 0 Å². The third-order valence-electron chi connectivity index (χ3n) is 7.01. The Kier molecular flexibility index (Phi) is 11.6. The molecule has 0 amide bonds. The standard InChI is InChI=1S/C32H50NO5P/c1-10-19-37-39(36,38-20-11-2)23-33-32(24(3)34,18-17-25-15-13-12-14-16-25)26-21-27(30(4,5)6)29(35)28(22-26)31(7,8)9/h12-16,21-22,33,35H,10-11,17-20,23H2,1-9H3. The molecule has 0 radical (unpaired) electrons. The van der Waals surface area contributed by atoms with Crippen molar-refractivity contribution in [2.75, 3.05) is 19.5 Å². The first-order valence-corrected chi connectivity index (χ1v) is 15.9. The fourth-order valence-electron chi connectivity index (χ4n) is 4.66. The van der Waals surface area contributed by atoms with Crippen LogP contribution in [0.25, 0.3) is 0 Å². The molecule has 0 aliphatic rings. The summed E-state index contributed by atoms with van der Waals surface area (Å²) in [6.45, 7) is 18.4. The number of phenols is 1. The molecule has 2 N–H and O–H groups in total. The summed E-state index contributed by atoms with van der Waals surface area (Å²) in [7, 11) is -3.52. The number of carbonyl (C=O) groups is 1. The van der Waals surface area contributed by atoms with Crippen molar-refractivity contribution in [2.24, 2.45) is 0 Å². The average molecular weight is 560 g/mol. The summed E-state index contributed by atoms with van der Waals surface area (Å²) in [5.41, 5.74) is 1.47. The molecule has 2 aromatic carbocycles. The lowest BCUT2D eigenvalue weighted by molar-refractivity contribution is -0.123. The zero-order chi connectivity index (χ0) is 29.5. The van der Waals surface area contributed by atoms with E-state index in [0.29, 0.717) is 38.9 Å². The zero-order valence-electron chi connectivity index (χ0n) is 25.5. The molecular formula is C32H50NO5P. The van der Waals surface area contributed by atoms with Crippen LogP contribution in [0.5, 0.6) is 5.75 Å². The van der Waals surface area contributed by atoms with Gasteiger partial charge >= 0.3 is 7.60 Å². The summed E-state index contributed by atoms with van der Waals surface area (Å²) in [6, 6.07) is 13.9. The van der Waals surface area contributed by atoms with Crippen molar-refractivity contribution in [3.05, 3.63) is 64.7 Å². The van der Waals surface area contributed by atoms with Crippen LogP contribution < -0.4 is 5.32 Å². The Morgan fingerprint density at radius 2 is 1.38 bits per heavy atom. The minimum absolute atomic E-state index is 0.0960. The number of aromatic hydroxyl groups is 1. The van der Waals surface area contributed by atoms with Gasteiger partial charge in [0.15, 0.2) is 5.78 Å². The summed E-state index contributed by atoms with van der Waals surface area (Å²) in [5.74, 6) is 0.156. The van der Waals surface area contributed by atoms with Gasteiger partial charge in [-0.3, -0.25) is 14.7 Å². The number of ketones is 1. The molecule has 0 bridgehead atoms. The maximum Gasteiger partial charge on any atom is 0.344 e. The number of rotatable bonds is 14. The van der Waals surface area contributed by atoms with Gasteiger partial charge in [-0.15, -0.1) is 0 Å². The Morgan fingerprint density at radius 3 is 1.79 bits per heavy atom. The molecule has 218 valence electrons. The topological polar surface area (TPSA) is 84.9 Å². The first kappa shape index (κ1) is 33.2. The SMILES string of the molecule is CCCOP(=O)(CNC(CCc1ccccc1)(C(C)=O)c1cc(C(C)(C)C)c(O)c(C(C)(C)C)c1)OCCC. The van der Waals surface area contributed by atoms with E-state index in [1.165, 1.54) is 0 Å². The molecule has 0 fully saturated rings. The predicted octanol–water partition coefficient (Wildman–Crippen LogP) is 8.00. The van der Waals surface area contributed by atoms with E-state index in [9.17, 15) is 14.5 Å². The lowest BCUT2D eigenvalue weighted by Gasteiger charge is -2.37. The van der Waals surface area contributed by atoms with Gasteiger partial charge in [-0.2, -0.15) is 0 Å². The number of Topliss-reactive ketones (excluding diaryl/α,β-unsaturated/α-hetero) is 1. The van der Waals surface area contributed by atoms with Crippen LogP contribution in [0.15, 0.2) is 42.5 Å². The number of nitrogens with one attached hydrogen (secondary N) is 1. The van der Waals surface area contributed by atoms with E-state index in [-0.39, 0.29) is 28.6 Å². The van der Waals surface area contributed by atoms with Crippen LogP contribution in [0.3, 0.4) is 0 Å². The van der Waals surface area contributed by atoms with Gasteiger partial charge in [0.1, 0.15) is 17.6 Å². The maximum absolute atomic E-state index is 13.8. The third-order valence-corrected chi connectivity index (χ3v) is 8.71. The van der Waals surface area contributed by atoms with Crippen molar-refractivity contribution >= 4 is 13.4 Å². The Hall–Kier alpha value is -1.98. The van der Waals surface area contributed by atoms with Gasteiger partial charge in [0, 0.05) is 0 Å². The molecule has 6 nitrogen and oxygen atoms in total. The van der Waals surface area contributed by atoms with Crippen LogP contribution in [0.4, 0.5) is 0 Å². The Balaban J connectivity index is 2.74. The van der Waals surface area contributed by atoms with Crippen LogP contribution in [0, 0.1) is 0 Å². The first-order chi connectivity index (χ1) is 18.1. The lowest BCUT2D eigenvalue weighted by Crippen LogP contribution is -2.49. The van der Waals surface area contributed by atoms with E-state index in [2.05, 4.69) is 46.9 Å². The number of carbonyl (C=O) groups excluding carboxylic acids is 1. The number of phenolic OH excluding ortho intramolecular Hbond substituents is 1. The molecule has 1 unspecified atom stereocenters. The Labute approximate surface area is 236 Å². The molecule has 0 aliphatic carbocycles. The van der Waals surface area contributed by atoms with Crippen LogP contribution in [0.2, 0.25) is 0 Å². The summed E-state index contributed by atoms with van der Waals surface area (Å²) in [6.07, 6.45) is 2.37. The van der Waals surface area contributed by atoms with Crippen molar-refractivity contribution in [1.29, 1.82) is 0 Å². The van der Waals surface area contributed by atoms with E-state index in [1.54, 1.807) is 6.92 Å². The molecule has 0 spiro atoms. The molecule has 39 heavy (non-hydrogen) atoms. The smallest absolute Gasteiger partial charge is 0.344 e. The summed E-state index contributed by atoms with van der Waals surface area (Å²) in [4.78, 5) is 13.7. The summed E-state index contributed by atoms with van der Waals surface area (Å²) >= 11 is 0. The number of hydrogen-bond donors (Lipinski definition) is 2. The predicted molar refractivity (Wildman–Crippen MR) is 161 cm³/mol. The Bertz CT molecular complexity index is 1090. The minimum Gasteiger partial charge on any atom is -0.507 e. The molecule has 7 heteroatoms. The minimum atomic E-state index is -3.52. The van der Waals surface area contributed by atoms with Gasteiger partial charge in [-0.25, -0.2) is 0 Å². The van der Waals surface area contributed by atoms with E-state index in [1.807, 2.05) is 56.3 Å². The van der Waals surface area contributed by atoms with E-state index in [4.69, 9.17) is 9.05 Å². The van der Waals surface area contributed by atoms with Crippen molar-refractivity contribution in [3.8, 4) is 5.75 Å². The maximum atomic E-state index is 13.8. The molecule has 0 saturated heterocycles. The van der Waals surface area contributed by atoms with Crippen molar-refractivity contribution in [2.45, 2.75) is 104 Å².